The minimum absolute atomic E-state index is 0.0467. The van der Waals surface area contributed by atoms with Crippen molar-refractivity contribution in [3.63, 3.8) is 0 Å². The fraction of sp³-hybridized carbons (Fsp3) is 0.133. The molecule has 0 aliphatic rings. The van der Waals surface area contributed by atoms with Gasteiger partial charge in [0.1, 0.15) is 0 Å². The van der Waals surface area contributed by atoms with E-state index in [2.05, 4.69) is 5.32 Å². The third-order valence-electron chi connectivity index (χ3n) is 2.96. The molecular formula is C15H13ClN2O4. The number of nitrogens with one attached hydrogen (secondary N) is 1. The first kappa shape index (κ1) is 15.8. The lowest BCUT2D eigenvalue weighted by Crippen LogP contribution is -2.21. The van der Waals surface area contributed by atoms with Crippen LogP contribution in [0.15, 0.2) is 42.5 Å². The Labute approximate surface area is 131 Å². The van der Waals surface area contributed by atoms with Crippen LogP contribution in [0, 0.1) is 17.0 Å². The summed E-state index contributed by atoms with van der Waals surface area (Å²) >= 11 is 5.97. The SMILES string of the molecule is Cc1c(Cl)cccc1NC(=O)COc1ccccc1[N+](=O)[O-]. The molecule has 0 spiro atoms. The molecule has 0 saturated heterocycles. The lowest BCUT2D eigenvalue weighted by atomic mass is 10.2. The largest absolute Gasteiger partial charge is 0.477 e. The Morgan fingerprint density at radius 3 is 2.73 bits per heavy atom. The molecule has 1 amide bonds. The minimum Gasteiger partial charge on any atom is -0.477 e. The second kappa shape index (κ2) is 6.91. The van der Waals surface area contributed by atoms with Crippen LogP contribution < -0.4 is 10.1 Å². The van der Waals surface area contributed by atoms with Crippen LogP contribution >= 0.6 is 11.6 Å². The summed E-state index contributed by atoms with van der Waals surface area (Å²) in [4.78, 5) is 22.2. The van der Waals surface area contributed by atoms with Gasteiger partial charge >= 0.3 is 5.69 Å². The molecule has 22 heavy (non-hydrogen) atoms. The quantitative estimate of drug-likeness (QED) is 0.674. The van der Waals surface area contributed by atoms with Gasteiger partial charge in [0.05, 0.1) is 4.92 Å². The normalized spacial score (nSPS) is 10.1. The molecule has 0 saturated carbocycles. The van der Waals surface area contributed by atoms with Gasteiger partial charge in [-0.05, 0) is 30.7 Å². The van der Waals surface area contributed by atoms with Crippen LogP contribution in [-0.4, -0.2) is 17.4 Å². The molecule has 0 radical (unpaired) electrons. The maximum atomic E-state index is 11.9. The number of hydrogen-bond donors (Lipinski definition) is 1. The van der Waals surface area contributed by atoms with Gasteiger partial charge in [-0.2, -0.15) is 0 Å². The maximum absolute atomic E-state index is 11.9. The van der Waals surface area contributed by atoms with Gasteiger partial charge in [-0.25, -0.2) is 0 Å². The summed E-state index contributed by atoms with van der Waals surface area (Å²) in [5, 5.41) is 14.0. The van der Waals surface area contributed by atoms with Crippen LogP contribution in [0.2, 0.25) is 5.02 Å². The van der Waals surface area contributed by atoms with Gasteiger partial charge < -0.3 is 10.1 Å². The fourth-order valence-electron chi connectivity index (χ4n) is 1.80. The van der Waals surface area contributed by atoms with Crippen LogP contribution in [0.4, 0.5) is 11.4 Å². The third kappa shape index (κ3) is 3.73. The highest BCUT2D eigenvalue weighted by molar-refractivity contribution is 6.31. The summed E-state index contributed by atoms with van der Waals surface area (Å²) in [6.07, 6.45) is 0. The van der Waals surface area contributed by atoms with Crippen molar-refractivity contribution in [2.45, 2.75) is 6.92 Å². The molecule has 0 aliphatic carbocycles. The number of nitro benzene ring substituents is 1. The standard InChI is InChI=1S/C15H13ClN2O4/c1-10-11(16)5-4-6-12(10)17-15(19)9-22-14-8-3-2-7-13(14)18(20)21/h2-8H,9H2,1H3,(H,17,19). The van der Waals surface area contributed by atoms with E-state index in [0.717, 1.165) is 5.56 Å². The van der Waals surface area contributed by atoms with E-state index in [-0.39, 0.29) is 18.0 Å². The number of rotatable bonds is 5. The van der Waals surface area contributed by atoms with Crippen molar-refractivity contribution in [2.75, 3.05) is 11.9 Å². The maximum Gasteiger partial charge on any atom is 0.310 e. The van der Waals surface area contributed by atoms with E-state index in [4.69, 9.17) is 16.3 Å². The molecule has 0 bridgehead atoms. The first-order valence-corrected chi connectivity index (χ1v) is 6.78. The van der Waals surface area contributed by atoms with E-state index < -0.39 is 10.8 Å². The molecule has 0 aliphatic heterocycles. The van der Waals surface area contributed by atoms with E-state index in [1.54, 1.807) is 31.2 Å². The molecule has 0 heterocycles. The van der Waals surface area contributed by atoms with Crippen LogP contribution in [0.3, 0.4) is 0 Å². The second-order valence-corrected chi connectivity index (χ2v) is 4.88. The zero-order valence-electron chi connectivity index (χ0n) is 11.7. The first-order chi connectivity index (χ1) is 10.5. The molecule has 0 aromatic heterocycles. The average Bonchev–Trinajstić information content (AvgIpc) is 2.50. The highest BCUT2D eigenvalue weighted by Gasteiger charge is 2.15. The van der Waals surface area contributed by atoms with E-state index in [0.29, 0.717) is 10.7 Å². The van der Waals surface area contributed by atoms with Crippen molar-refractivity contribution in [3.05, 3.63) is 63.2 Å². The van der Waals surface area contributed by atoms with E-state index >= 15 is 0 Å². The smallest absolute Gasteiger partial charge is 0.310 e. The lowest BCUT2D eigenvalue weighted by Gasteiger charge is -2.10. The predicted octanol–water partition coefficient (Wildman–Crippen LogP) is 3.57. The predicted molar refractivity (Wildman–Crippen MR) is 83.4 cm³/mol. The van der Waals surface area contributed by atoms with E-state index in [9.17, 15) is 14.9 Å². The summed E-state index contributed by atoms with van der Waals surface area (Å²) in [7, 11) is 0. The number of nitrogens with zero attached hydrogens (tertiary/aromatic N) is 1. The fourth-order valence-corrected chi connectivity index (χ4v) is 1.98. The van der Waals surface area contributed by atoms with Gasteiger partial charge in [0.2, 0.25) is 0 Å². The Hall–Kier alpha value is -2.60. The Morgan fingerprint density at radius 1 is 1.27 bits per heavy atom. The number of carbonyl (C=O) groups is 1. The average molecular weight is 321 g/mol. The third-order valence-corrected chi connectivity index (χ3v) is 3.37. The summed E-state index contributed by atoms with van der Waals surface area (Å²) in [6.45, 7) is 1.44. The van der Waals surface area contributed by atoms with Crippen molar-refractivity contribution in [3.8, 4) is 5.75 Å². The topological polar surface area (TPSA) is 81.5 Å². The zero-order valence-corrected chi connectivity index (χ0v) is 12.5. The minimum atomic E-state index is -0.561. The second-order valence-electron chi connectivity index (χ2n) is 4.47. The van der Waals surface area contributed by atoms with Crippen molar-refractivity contribution >= 4 is 28.9 Å². The van der Waals surface area contributed by atoms with Gasteiger partial charge in [0.15, 0.2) is 12.4 Å². The molecule has 2 aromatic carbocycles. The Bertz CT molecular complexity index is 718. The number of ether oxygens (including phenoxy) is 1. The monoisotopic (exact) mass is 320 g/mol. The number of para-hydroxylation sites is 2. The molecule has 2 rings (SSSR count). The number of nitro groups is 1. The van der Waals surface area contributed by atoms with Gasteiger partial charge in [0, 0.05) is 16.8 Å². The molecule has 7 heteroatoms. The van der Waals surface area contributed by atoms with Crippen molar-refractivity contribution in [2.24, 2.45) is 0 Å². The molecular weight excluding hydrogens is 308 g/mol. The number of anilines is 1. The molecule has 2 aromatic rings. The molecule has 0 atom stereocenters. The molecule has 114 valence electrons. The Kier molecular flexibility index (Phi) is 4.95. The van der Waals surface area contributed by atoms with Crippen molar-refractivity contribution in [1.82, 2.24) is 0 Å². The number of benzene rings is 2. The van der Waals surface area contributed by atoms with Crippen LogP contribution in [0.5, 0.6) is 5.75 Å². The Morgan fingerprint density at radius 2 is 2.00 bits per heavy atom. The number of amides is 1. The van der Waals surface area contributed by atoms with E-state index in [1.807, 2.05) is 0 Å². The molecule has 0 unspecified atom stereocenters. The van der Waals surface area contributed by atoms with Gasteiger partial charge in [-0.1, -0.05) is 29.8 Å². The van der Waals surface area contributed by atoms with Crippen LogP contribution in [0.1, 0.15) is 5.56 Å². The molecule has 6 nitrogen and oxygen atoms in total. The summed E-state index contributed by atoms with van der Waals surface area (Å²) in [5.74, 6) is -0.381. The molecule has 0 fully saturated rings. The van der Waals surface area contributed by atoms with E-state index in [1.165, 1.54) is 18.2 Å². The van der Waals surface area contributed by atoms with Gasteiger partial charge in [-0.15, -0.1) is 0 Å². The highest BCUT2D eigenvalue weighted by Crippen LogP contribution is 2.26. The lowest BCUT2D eigenvalue weighted by molar-refractivity contribution is -0.385. The van der Waals surface area contributed by atoms with Crippen LogP contribution in [0.25, 0.3) is 0 Å². The number of halogens is 1. The molecule has 1 N–H and O–H groups in total. The first-order valence-electron chi connectivity index (χ1n) is 6.40. The Balaban J connectivity index is 2.02. The summed E-state index contributed by atoms with van der Waals surface area (Å²) < 4.78 is 5.22. The van der Waals surface area contributed by atoms with Crippen LogP contribution in [-0.2, 0) is 4.79 Å². The summed E-state index contributed by atoms with van der Waals surface area (Å²) in [6, 6.07) is 11.0. The van der Waals surface area contributed by atoms with Crippen molar-refractivity contribution < 1.29 is 14.5 Å². The van der Waals surface area contributed by atoms with Crippen molar-refractivity contribution in [1.29, 1.82) is 0 Å². The van der Waals surface area contributed by atoms with Gasteiger partial charge in [-0.3, -0.25) is 14.9 Å². The van der Waals surface area contributed by atoms with Gasteiger partial charge in [0.25, 0.3) is 5.91 Å². The zero-order chi connectivity index (χ0) is 16.1. The highest BCUT2D eigenvalue weighted by atomic mass is 35.5. The number of hydrogen-bond acceptors (Lipinski definition) is 4. The number of carbonyl (C=O) groups excluding carboxylic acids is 1. The summed E-state index contributed by atoms with van der Waals surface area (Å²) in [5.41, 5.74) is 1.13.